The molecule has 3 amide bonds. The van der Waals surface area contributed by atoms with Crippen molar-refractivity contribution in [1.29, 1.82) is 0 Å². The van der Waals surface area contributed by atoms with Crippen LogP contribution in [0.3, 0.4) is 0 Å². The highest BCUT2D eigenvalue weighted by molar-refractivity contribution is 8.03. The van der Waals surface area contributed by atoms with Crippen molar-refractivity contribution in [1.82, 2.24) is 14.7 Å². The minimum Gasteiger partial charge on any atom is -0.456 e. The lowest BCUT2D eigenvalue weighted by molar-refractivity contribution is -0.385. The molecule has 62 heavy (non-hydrogen) atoms. The minimum atomic E-state index is -0.984. The Bertz CT molecular complexity index is 2240. The highest BCUT2D eigenvalue weighted by Crippen LogP contribution is 2.52. The Balaban J connectivity index is 1.15. The first-order valence-corrected chi connectivity index (χ1v) is 20.5. The van der Waals surface area contributed by atoms with Crippen molar-refractivity contribution < 1.29 is 53.3 Å². The standard InChI is InChI=1S/C41H44N6O14S/c1-24-35-34(25(2)48)38(49)44(35)36(39(50)59-21-26-6-12-29(13-7-26)45(53)54)37(24)62-33-19-32(43(20-33)41(52)61-23-28-10-16-31(17-11-28)47(57)58)5-4-18-42(3)40(51)60-22-27-8-14-30(15-9-27)46(55)56/h6-17,24-25,32-35,48H,4-5,18-23H2,1-3H3/t24-,25-,32-,33+,34-,35-/m1/s1. The monoisotopic (exact) mass is 876 g/mol. The highest BCUT2D eigenvalue weighted by atomic mass is 32.2. The molecule has 3 aliphatic heterocycles. The Morgan fingerprint density at radius 1 is 0.823 bits per heavy atom. The predicted octanol–water partition coefficient (Wildman–Crippen LogP) is 6.09. The molecule has 3 heterocycles. The van der Waals surface area contributed by atoms with Gasteiger partial charge in [0.05, 0.1) is 32.8 Å². The molecule has 6 rings (SSSR count). The summed E-state index contributed by atoms with van der Waals surface area (Å²) < 4.78 is 16.7. The molecule has 0 radical (unpaired) electrons. The van der Waals surface area contributed by atoms with E-state index in [2.05, 4.69) is 0 Å². The van der Waals surface area contributed by atoms with Crippen LogP contribution in [0.4, 0.5) is 26.7 Å². The van der Waals surface area contributed by atoms with Gasteiger partial charge in [-0.1, -0.05) is 6.92 Å². The molecule has 0 bridgehead atoms. The van der Waals surface area contributed by atoms with Crippen molar-refractivity contribution in [3.63, 3.8) is 0 Å². The first-order valence-electron chi connectivity index (χ1n) is 19.6. The number of benzene rings is 3. The Kier molecular flexibility index (Phi) is 14.1. The van der Waals surface area contributed by atoms with E-state index in [1.54, 1.807) is 11.9 Å². The normalized spacial score (nSPS) is 20.8. The van der Waals surface area contributed by atoms with Crippen LogP contribution in [0.15, 0.2) is 83.4 Å². The maximum Gasteiger partial charge on any atom is 0.410 e. The SMILES string of the molecule is C[C@@H](O)[C@H]1C(=O)N2C(C(=O)OCc3ccc([N+](=O)[O-])cc3)=C(S[C@H]3C[C@@H](CCCN(C)C(=O)OCc4ccc([N+](=O)[O-])cc4)N(C(=O)OCc4ccc([N+](=O)[O-])cc4)C3)[C@H](C)[C@H]12. The molecule has 3 aromatic carbocycles. The number of carbonyl (C=O) groups excluding carboxylic acids is 4. The van der Waals surface area contributed by atoms with Gasteiger partial charge in [0.15, 0.2) is 0 Å². The topological polar surface area (TPSA) is 255 Å². The van der Waals surface area contributed by atoms with Gasteiger partial charge in [-0.3, -0.25) is 35.1 Å². The summed E-state index contributed by atoms with van der Waals surface area (Å²) in [4.78, 5) is 90.2. The number of thioether (sulfide) groups is 1. The molecule has 0 unspecified atom stereocenters. The fourth-order valence-electron chi connectivity index (χ4n) is 7.80. The maximum absolute atomic E-state index is 13.8. The fraction of sp³-hybridized carbons (Fsp3) is 0.415. The molecule has 2 saturated heterocycles. The number of non-ortho nitro benzene ring substituents is 3. The Labute approximate surface area is 358 Å². The minimum absolute atomic E-state index is 0.0425. The molecule has 6 atom stereocenters. The number of fused-ring (bicyclic) bond motifs is 1. The van der Waals surface area contributed by atoms with Gasteiger partial charge in [0.2, 0.25) is 5.91 Å². The second kappa shape index (κ2) is 19.4. The van der Waals surface area contributed by atoms with Crippen molar-refractivity contribution in [2.45, 2.75) is 76.4 Å². The van der Waals surface area contributed by atoms with Crippen LogP contribution in [0.2, 0.25) is 0 Å². The van der Waals surface area contributed by atoms with Gasteiger partial charge in [0.1, 0.15) is 25.5 Å². The highest BCUT2D eigenvalue weighted by Gasteiger charge is 2.60. The average molecular weight is 877 g/mol. The largest absolute Gasteiger partial charge is 0.456 e. The van der Waals surface area contributed by atoms with Crippen LogP contribution in [-0.2, 0) is 43.6 Å². The molecule has 21 heteroatoms. The van der Waals surface area contributed by atoms with Crippen LogP contribution < -0.4 is 0 Å². The van der Waals surface area contributed by atoms with E-state index >= 15 is 0 Å². The number of aliphatic hydroxyl groups excluding tert-OH is 1. The number of ether oxygens (including phenoxy) is 3. The van der Waals surface area contributed by atoms with Crippen LogP contribution >= 0.6 is 11.8 Å². The quantitative estimate of drug-likeness (QED) is 0.0530. The molecular weight excluding hydrogens is 833 g/mol. The molecule has 328 valence electrons. The van der Waals surface area contributed by atoms with E-state index in [-0.39, 0.29) is 72.9 Å². The van der Waals surface area contributed by atoms with Crippen molar-refractivity contribution in [3.8, 4) is 0 Å². The molecule has 1 N–H and O–H groups in total. The Hall–Kier alpha value is -6.61. The number of nitrogens with zero attached hydrogens (tertiary/aromatic N) is 6. The van der Waals surface area contributed by atoms with Gasteiger partial charge in [0.25, 0.3) is 17.1 Å². The van der Waals surface area contributed by atoms with E-state index in [1.807, 2.05) is 6.92 Å². The van der Waals surface area contributed by atoms with E-state index in [9.17, 15) is 54.6 Å². The first-order chi connectivity index (χ1) is 29.5. The molecule has 0 aliphatic carbocycles. The van der Waals surface area contributed by atoms with Crippen molar-refractivity contribution >= 4 is 52.9 Å². The number of esters is 1. The van der Waals surface area contributed by atoms with Crippen LogP contribution in [0, 0.1) is 42.2 Å². The van der Waals surface area contributed by atoms with Crippen LogP contribution in [0.25, 0.3) is 0 Å². The summed E-state index contributed by atoms with van der Waals surface area (Å²) in [6.45, 7) is 3.33. The number of hydrogen-bond donors (Lipinski definition) is 1. The molecule has 2 fully saturated rings. The lowest BCUT2D eigenvalue weighted by Gasteiger charge is -2.46. The lowest BCUT2D eigenvalue weighted by Crippen LogP contribution is -2.63. The van der Waals surface area contributed by atoms with Gasteiger partial charge in [0, 0.05) is 78.7 Å². The number of rotatable bonds is 17. The van der Waals surface area contributed by atoms with Crippen molar-refractivity contribution in [2.75, 3.05) is 20.1 Å². The summed E-state index contributed by atoms with van der Waals surface area (Å²) in [6, 6.07) is 15.8. The van der Waals surface area contributed by atoms with Gasteiger partial charge in [-0.25, -0.2) is 14.4 Å². The molecule has 0 spiro atoms. The summed E-state index contributed by atoms with van der Waals surface area (Å²) >= 11 is 1.34. The summed E-state index contributed by atoms with van der Waals surface area (Å²) in [7, 11) is 1.56. The summed E-state index contributed by atoms with van der Waals surface area (Å²) in [5, 5.41) is 43.4. The summed E-state index contributed by atoms with van der Waals surface area (Å²) in [5.41, 5.74) is 1.30. The van der Waals surface area contributed by atoms with E-state index in [0.717, 1.165) is 0 Å². The van der Waals surface area contributed by atoms with Crippen molar-refractivity contribution in [2.24, 2.45) is 11.8 Å². The molecule has 0 aromatic heterocycles. The third-order valence-corrected chi connectivity index (χ3v) is 12.6. The average Bonchev–Trinajstić information content (AvgIpc) is 3.76. The zero-order chi connectivity index (χ0) is 44.8. The number of β-lactam (4-membered cyclic amide) rings is 1. The number of amides is 3. The molecule has 3 aromatic rings. The van der Waals surface area contributed by atoms with Gasteiger partial charge < -0.3 is 34.0 Å². The molecular formula is C41H44N6O14S. The Morgan fingerprint density at radius 2 is 1.31 bits per heavy atom. The van der Waals surface area contributed by atoms with Crippen molar-refractivity contribution in [3.05, 3.63) is 130 Å². The summed E-state index contributed by atoms with van der Waals surface area (Å²) in [5.74, 6) is -2.34. The molecule has 0 saturated carbocycles. The third kappa shape index (κ3) is 10.1. The zero-order valence-corrected chi connectivity index (χ0v) is 34.7. The molecule has 3 aliphatic rings. The van der Waals surface area contributed by atoms with Crippen LogP contribution in [0.5, 0.6) is 0 Å². The number of hydrogen-bond acceptors (Lipinski definition) is 15. The van der Waals surface area contributed by atoms with E-state index in [1.165, 1.54) is 101 Å². The number of nitro groups is 3. The zero-order valence-electron chi connectivity index (χ0n) is 33.9. The second-order valence-corrected chi connectivity index (χ2v) is 16.6. The van der Waals surface area contributed by atoms with E-state index in [0.29, 0.717) is 40.9 Å². The number of aliphatic hydroxyl groups is 1. The van der Waals surface area contributed by atoms with E-state index < -0.39 is 56.9 Å². The number of likely N-dealkylation sites (tertiary alicyclic amines) is 1. The number of nitro benzene ring substituents is 3. The van der Waals surface area contributed by atoms with Gasteiger partial charge in [-0.2, -0.15) is 0 Å². The van der Waals surface area contributed by atoms with Gasteiger partial charge >= 0.3 is 18.2 Å². The number of carbonyl (C=O) groups is 4. The maximum atomic E-state index is 13.8. The van der Waals surface area contributed by atoms with Crippen LogP contribution in [-0.4, -0.2) is 102 Å². The second-order valence-electron chi connectivity index (χ2n) is 15.3. The van der Waals surface area contributed by atoms with Gasteiger partial charge in [-0.15, -0.1) is 11.8 Å². The predicted molar refractivity (Wildman–Crippen MR) is 220 cm³/mol. The lowest BCUT2D eigenvalue weighted by atomic mass is 9.79. The summed E-state index contributed by atoms with van der Waals surface area (Å²) in [6.07, 6.45) is -0.936. The smallest absolute Gasteiger partial charge is 0.410 e. The first kappa shape index (κ1) is 44.9. The Morgan fingerprint density at radius 3 is 1.79 bits per heavy atom. The van der Waals surface area contributed by atoms with Crippen LogP contribution in [0.1, 0.15) is 49.8 Å². The fourth-order valence-corrected chi connectivity index (χ4v) is 9.36. The molecule has 20 nitrogen and oxygen atoms in total. The third-order valence-electron chi connectivity index (χ3n) is 11.1. The van der Waals surface area contributed by atoms with E-state index in [4.69, 9.17) is 14.2 Å². The van der Waals surface area contributed by atoms with Gasteiger partial charge in [-0.05, 0) is 79.3 Å².